The normalized spacial score (nSPS) is 21.7. The van der Waals surface area contributed by atoms with E-state index < -0.39 is 23.9 Å². The van der Waals surface area contributed by atoms with Gasteiger partial charge in [-0.1, -0.05) is 15.9 Å². The zero-order valence-electron chi connectivity index (χ0n) is 9.60. The Balaban J connectivity index is 2.27. The second-order valence-electron chi connectivity index (χ2n) is 3.67. The van der Waals surface area contributed by atoms with Crippen LogP contribution in [-0.4, -0.2) is 25.0 Å². The fourth-order valence-corrected chi connectivity index (χ4v) is 2.09. The molecule has 18 heavy (non-hydrogen) atoms. The van der Waals surface area contributed by atoms with Gasteiger partial charge in [-0.05, 0) is 25.1 Å². The van der Waals surface area contributed by atoms with Gasteiger partial charge in [-0.2, -0.15) is 0 Å². The van der Waals surface area contributed by atoms with Crippen LogP contribution in [0.5, 0.6) is 0 Å². The lowest BCUT2D eigenvalue weighted by atomic mass is 10.0. The molecule has 0 saturated heterocycles. The minimum Gasteiger partial charge on any atom is -0.473 e. The lowest BCUT2D eigenvalue weighted by molar-refractivity contribution is -0.146. The summed E-state index contributed by atoms with van der Waals surface area (Å²) in [5, 5.41) is 0. The van der Waals surface area contributed by atoms with E-state index in [4.69, 9.17) is 9.47 Å². The summed E-state index contributed by atoms with van der Waals surface area (Å²) in [4.78, 5) is 15.6. The van der Waals surface area contributed by atoms with E-state index >= 15 is 0 Å². The van der Waals surface area contributed by atoms with E-state index in [2.05, 4.69) is 20.9 Å². The molecule has 0 N–H and O–H groups in total. The van der Waals surface area contributed by atoms with Crippen molar-refractivity contribution < 1.29 is 18.7 Å². The standard InChI is InChI=1S/C12H11BrFNO3/c1-2-17-12(16)10-11(18-6-15-10)8-5-7(13)3-4-9(8)14/h3-6,10-11H,2H2,1H3. The zero-order chi connectivity index (χ0) is 13.1. The summed E-state index contributed by atoms with van der Waals surface area (Å²) in [7, 11) is 0. The molecule has 0 radical (unpaired) electrons. The first-order chi connectivity index (χ1) is 8.63. The Morgan fingerprint density at radius 2 is 2.39 bits per heavy atom. The predicted octanol–water partition coefficient (Wildman–Crippen LogP) is 2.62. The quantitative estimate of drug-likeness (QED) is 0.806. The van der Waals surface area contributed by atoms with E-state index in [1.54, 1.807) is 19.1 Å². The van der Waals surface area contributed by atoms with Gasteiger partial charge in [-0.25, -0.2) is 14.2 Å². The molecule has 2 rings (SSSR count). The highest BCUT2D eigenvalue weighted by Gasteiger charge is 2.36. The Hall–Kier alpha value is -1.43. The average molecular weight is 316 g/mol. The fraction of sp³-hybridized carbons (Fsp3) is 0.333. The first-order valence-corrected chi connectivity index (χ1v) is 6.21. The summed E-state index contributed by atoms with van der Waals surface area (Å²) >= 11 is 3.25. The maximum atomic E-state index is 13.7. The first-order valence-electron chi connectivity index (χ1n) is 5.42. The van der Waals surface area contributed by atoms with Gasteiger partial charge in [-0.3, -0.25) is 0 Å². The van der Waals surface area contributed by atoms with E-state index in [-0.39, 0.29) is 12.2 Å². The van der Waals surface area contributed by atoms with Crippen molar-refractivity contribution in [2.24, 2.45) is 4.99 Å². The molecular formula is C12H11BrFNO3. The van der Waals surface area contributed by atoms with Crippen LogP contribution in [0.1, 0.15) is 18.6 Å². The van der Waals surface area contributed by atoms with Crippen LogP contribution in [0.4, 0.5) is 4.39 Å². The molecule has 0 spiro atoms. The van der Waals surface area contributed by atoms with Crippen molar-refractivity contribution in [3.63, 3.8) is 0 Å². The van der Waals surface area contributed by atoms with Gasteiger partial charge in [0.2, 0.25) is 0 Å². The maximum Gasteiger partial charge on any atom is 0.335 e. The van der Waals surface area contributed by atoms with E-state index in [1.807, 2.05) is 0 Å². The number of carbonyl (C=O) groups is 1. The number of esters is 1. The molecule has 0 saturated carbocycles. The largest absolute Gasteiger partial charge is 0.473 e. The second-order valence-corrected chi connectivity index (χ2v) is 4.59. The highest BCUT2D eigenvalue weighted by molar-refractivity contribution is 9.10. The van der Waals surface area contributed by atoms with Gasteiger partial charge in [0.1, 0.15) is 5.82 Å². The Bertz CT molecular complexity index is 492. The fourth-order valence-electron chi connectivity index (χ4n) is 1.71. The van der Waals surface area contributed by atoms with Crippen LogP contribution in [0.25, 0.3) is 0 Å². The summed E-state index contributed by atoms with van der Waals surface area (Å²) in [5.74, 6) is -0.960. The Morgan fingerprint density at radius 1 is 1.61 bits per heavy atom. The molecule has 2 atom stereocenters. The van der Waals surface area contributed by atoms with E-state index in [1.165, 1.54) is 6.07 Å². The molecule has 0 fully saturated rings. The monoisotopic (exact) mass is 315 g/mol. The second kappa shape index (κ2) is 5.48. The third-order valence-electron chi connectivity index (χ3n) is 2.51. The lowest BCUT2D eigenvalue weighted by Crippen LogP contribution is -2.26. The van der Waals surface area contributed by atoms with Crippen LogP contribution >= 0.6 is 15.9 Å². The maximum absolute atomic E-state index is 13.7. The SMILES string of the molecule is CCOC(=O)C1N=COC1c1cc(Br)ccc1F. The van der Waals surface area contributed by atoms with Crippen molar-refractivity contribution in [1.82, 2.24) is 0 Å². The summed E-state index contributed by atoms with van der Waals surface area (Å²) in [6.45, 7) is 1.95. The van der Waals surface area contributed by atoms with Crippen LogP contribution in [0.2, 0.25) is 0 Å². The van der Waals surface area contributed by atoms with Gasteiger partial charge in [0.25, 0.3) is 0 Å². The van der Waals surface area contributed by atoms with Crippen molar-refractivity contribution >= 4 is 28.3 Å². The molecule has 1 heterocycles. The number of halogens is 2. The third kappa shape index (κ3) is 2.53. The van der Waals surface area contributed by atoms with Crippen molar-refractivity contribution in [3.8, 4) is 0 Å². The molecule has 2 unspecified atom stereocenters. The molecule has 1 aliphatic rings. The summed E-state index contributed by atoms with van der Waals surface area (Å²) < 4.78 is 24.5. The number of carbonyl (C=O) groups excluding carboxylic acids is 1. The van der Waals surface area contributed by atoms with Crippen molar-refractivity contribution in [2.75, 3.05) is 6.61 Å². The number of ether oxygens (including phenoxy) is 2. The summed E-state index contributed by atoms with van der Waals surface area (Å²) in [6, 6.07) is 3.60. The van der Waals surface area contributed by atoms with Crippen LogP contribution in [0.3, 0.4) is 0 Å². The number of hydrogen-bond donors (Lipinski definition) is 0. The van der Waals surface area contributed by atoms with Gasteiger partial charge in [0, 0.05) is 10.0 Å². The minimum atomic E-state index is -0.853. The molecule has 0 aliphatic carbocycles. The van der Waals surface area contributed by atoms with Crippen LogP contribution < -0.4 is 0 Å². The molecule has 0 aromatic heterocycles. The lowest BCUT2D eigenvalue weighted by Gasteiger charge is -2.17. The highest BCUT2D eigenvalue weighted by Crippen LogP contribution is 2.31. The molecule has 6 heteroatoms. The van der Waals surface area contributed by atoms with E-state index in [9.17, 15) is 9.18 Å². The summed E-state index contributed by atoms with van der Waals surface area (Å²) in [6.07, 6.45) is 0.383. The third-order valence-corrected chi connectivity index (χ3v) is 3.00. The summed E-state index contributed by atoms with van der Waals surface area (Å²) in [5.41, 5.74) is 0.278. The average Bonchev–Trinajstić information content (AvgIpc) is 2.81. The number of rotatable bonds is 3. The molecule has 1 aliphatic heterocycles. The smallest absolute Gasteiger partial charge is 0.335 e. The topological polar surface area (TPSA) is 47.9 Å². The Morgan fingerprint density at radius 3 is 3.11 bits per heavy atom. The predicted molar refractivity (Wildman–Crippen MR) is 66.8 cm³/mol. The van der Waals surface area contributed by atoms with Crippen molar-refractivity contribution in [2.45, 2.75) is 19.1 Å². The highest BCUT2D eigenvalue weighted by atomic mass is 79.9. The van der Waals surface area contributed by atoms with Gasteiger partial charge in [0.05, 0.1) is 6.61 Å². The number of benzene rings is 1. The molecule has 1 aromatic rings. The Labute approximate surface area is 112 Å². The Kier molecular flexibility index (Phi) is 3.96. The first kappa shape index (κ1) is 13.0. The molecular weight excluding hydrogens is 305 g/mol. The van der Waals surface area contributed by atoms with Crippen molar-refractivity contribution in [3.05, 3.63) is 34.1 Å². The van der Waals surface area contributed by atoms with Crippen LogP contribution in [0, 0.1) is 5.82 Å². The van der Waals surface area contributed by atoms with E-state index in [0.29, 0.717) is 4.47 Å². The minimum absolute atomic E-state index is 0.249. The van der Waals surface area contributed by atoms with Gasteiger partial charge >= 0.3 is 5.97 Å². The van der Waals surface area contributed by atoms with Gasteiger partial charge < -0.3 is 9.47 Å². The van der Waals surface area contributed by atoms with Gasteiger partial charge in [-0.15, -0.1) is 0 Å². The van der Waals surface area contributed by atoms with Crippen LogP contribution in [-0.2, 0) is 14.3 Å². The van der Waals surface area contributed by atoms with Crippen molar-refractivity contribution in [1.29, 1.82) is 0 Å². The van der Waals surface area contributed by atoms with E-state index in [0.717, 1.165) is 6.40 Å². The molecule has 96 valence electrons. The van der Waals surface area contributed by atoms with Gasteiger partial charge in [0.15, 0.2) is 18.5 Å². The number of aliphatic imine (C=N–C) groups is 1. The molecule has 0 bridgehead atoms. The number of nitrogens with zero attached hydrogens (tertiary/aromatic N) is 1. The molecule has 0 amide bonds. The molecule has 4 nitrogen and oxygen atoms in total. The zero-order valence-corrected chi connectivity index (χ0v) is 11.2. The number of hydrogen-bond acceptors (Lipinski definition) is 4. The van der Waals surface area contributed by atoms with Crippen LogP contribution in [0.15, 0.2) is 27.7 Å². The molecule has 1 aromatic carbocycles.